The van der Waals surface area contributed by atoms with Crippen LogP contribution in [0.4, 0.5) is 14.5 Å². The Morgan fingerprint density at radius 2 is 1.72 bits per heavy atom. The summed E-state index contributed by atoms with van der Waals surface area (Å²) in [7, 11) is 1.80. The predicted octanol–water partition coefficient (Wildman–Crippen LogP) is 3.96. The Labute approximate surface area is 184 Å². The van der Waals surface area contributed by atoms with Crippen molar-refractivity contribution in [1.82, 2.24) is 0 Å². The molecule has 162 valence electrons. The number of benzodiazepines with no additional fused rings is 1. The molecule has 5 nitrogen and oxygen atoms in total. The van der Waals surface area contributed by atoms with Crippen molar-refractivity contribution in [3.05, 3.63) is 107 Å². The minimum atomic E-state index is -0.725. The summed E-state index contributed by atoms with van der Waals surface area (Å²) in [6.07, 6.45) is 2.20. The molecule has 3 aromatic rings. The van der Waals surface area contributed by atoms with Gasteiger partial charge in [-0.1, -0.05) is 48.5 Å². The summed E-state index contributed by atoms with van der Waals surface area (Å²) in [4.78, 5) is 28.4. The molecular weight excluding hydrogens is 412 g/mol. The fraction of sp³-hybridized carbons (Fsp3) is 0.0800. The van der Waals surface area contributed by atoms with E-state index in [9.17, 15) is 18.4 Å². The van der Waals surface area contributed by atoms with Crippen molar-refractivity contribution in [1.29, 1.82) is 0 Å². The molecule has 0 saturated heterocycles. The van der Waals surface area contributed by atoms with Gasteiger partial charge in [0, 0.05) is 35.9 Å². The van der Waals surface area contributed by atoms with Crippen molar-refractivity contribution >= 4 is 29.3 Å². The number of rotatable bonds is 3. The largest absolute Gasteiger partial charge is 0.366 e. The molecule has 2 N–H and O–H groups in total. The SMILES string of the molecule is CN1C(=O)CN=C(c2ccccc2)c2ccccc21.NC(=O)/C=C/c1ccc(F)cc1F. The van der Waals surface area contributed by atoms with Crippen LogP contribution in [0.5, 0.6) is 0 Å². The summed E-state index contributed by atoms with van der Waals surface area (Å²) in [6, 6.07) is 20.9. The van der Waals surface area contributed by atoms with Crippen LogP contribution >= 0.6 is 0 Å². The molecule has 0 aliphatic carbocycles. The number of benzene rings is 3. The molecule has 0 saturated carbocycles. The topological polar surface area (TPSA) is 75.8 Å². The molecule has 3 aromatic carbocycles. The first-order chi connectivity index (χ1) is 15.4. The Morgan fingerprint density at radius 3 is 2.41 bits per heavy atom. The third-order valence-corrected chi connectivity index (χ3v) is 4.70. The van der Waals surface area contributed by atoms with E-state index in [1.165, 1.54) is 12.1 Å². The number of amides is 2. The van der Waals surface area contributed by atoms with Crippen LogP contribution in [0.25, 0.3) is 6.08 Å². The van der Waals surface area contributed by atoms with Gasteiger partial charge in [-0.25, -0.2) is 8.78 Å². The van der Waals surface area contributed by atoms with Crippen LogP contribution in [0, 0.1) is 11.6 Å². The summed E-state index contributed by atoms with van der Waals surface area (Å²) in [5.74, 6) is -2.05. The fourth-order valence-corrected chi connectivity index (χ4v) is 3.09. The van der Waals surface area contributed by atoms with Gasteiger partial charge in [-0.15, -0.1) is 0 Å². The standard InChI is InChI=1S/C16H14N2O.C9H7F2NO/c1-18-14-10-6-5-9-13(14)16(17-11-15(18)19)12-7-3-2-4-8-12;10-7-3-1-6(8(11)5-7)2-4-9(12)13/h2-10H,11H2,1H3;1-5H,(H2,12,13)/b;4-2+. The maximum Gasteiger partial charge on any atom is 0.248 e. The highest BCUT2D eigenvalue weighted by Crippen LogP contribution is 2.25. The zero-order valence-corrected chi connectivity index (χ0v) is 17.3. The van der Waals surface area contributed by atoms with Crippen LogP contribution < -0.4 is 10.6 Å². The van der Waals surface area contributed by atoms with E-state index in [1.54, 1.807) is 11.9 Å². The van der Waals surface area contributed by atoms with Crippen LogP contribution in [0.15, 0.2) is 83.9 Å². The number of anilines is 1. The minimum absolute atomic E-state index is 0.0124. The number of carbonyl (C=O) groups is 2. The quantitative estimate of drug-likeness (QED) is 0.635. The molecule has 32 heavy (non-hydrogen) atoms. The Morgan fingerprint density at radius 1 is 1.03 bits per heavy atom. The second kappa shape index (κ2) is 10.3. The maximum atomic E-state index is 12.9. The second-order valence-corrected chi connectivity index (χ2v) is 6.90. The lowest BCUT2D eigenvalue weighted by Crippen LogP contribution is -2.27. The highest BCUT2D eigenvalue weighted by Gasteiger charge is 2.21. The van der Waals surface area contributed by atoms with Crippen molar-refractivity contribution in [3.63, 3.8) is 0 Å². The lowest BCUT2D eigenvalue weighted by Gasteiger charge is -2.17. The van der Waals surface area contributed by atoms with Crippen molar-refractivity contribution < 1.29 is 18.4 Å². The van der Waals surface area contributed by atoms with Gasteiger partial charge in [-0.3, -0.25) is 14.6 Å². The summed E-state index contributed by atoms with van der Waals surface area (Å²) < 4.78 is 25.2. The summed E-state index contributed by atoms with van der Waals surface area (Å²) in [5, 5.41) is 0. The van der Waals surface area contributed by atoms with E-state index in [-0.39, 0.29) is 18.0 Å². The second-order valence-electron chi connectivity index (χ2n) is 6.90. The molecule has 1 aliphatic rings. The molecule has 0 fully saturated rings. The number of fused-ring (bicyclic) bond motifs is 1. The molecule has 0 radical (unpaired) electrons. The third kappa shape index (κ3) is 5.51. The zero-order valence-electron chi connectivity index (χ0n) is 17.3. The summed E-state index contributed by atoms with van der Waals surface area (Å²) >= 11 is 0. The van der Waals surface area contributed by atoms with E-state index in [4.69, 9.17) is 5.73 Å². The van der Waals surface area contributed by atoms with Gasteiger partial charge in [0.15, 0.2) is 0 Å². The molecule has 2 amide bonds. The third-order valence-electron chi connectivity index (χ3n) is 4.70. The molecule has 0 spiro atoms. The van der Waals surface area contributed by atoms with Crippen LogP contribution in [0.3, 0.4) is 0 Å². The number of nitrogens with two attached hydrogens (primary N) is 1. The molecule has 0 bridgehead atoms. The first-order valence-electron chi connectivity index (χ1n) is 9.75. The van der Waals surface area contributed by atoms with Gasteiger partial charge in [0.1, 0.15) is 18.2 Å². The molecule has 0 aromatic heterocycles. The number of primary amides is 1. The lowest BCUT2D eigenvalue weighted by molar-refractivity contribution is -0.117. The molecule has 1 aliphatic heterocycles. The van der Waals surface area contributed by atoms with Crippen molar-refractivity contribution in [2.75, 3.05) is 18.5 Å². The monoisotopic (exact) mass is 433 g/mol. The predicted molar refractivity (Wildman–Crippen MR) is 121 cm³/mol. The molecular formula is C25H21F2N3O2. The molecule has 1 heterocycles. The lowest BCUT2D eigenvalue weighted by atomic mass is 10.0. The number of likely N-dealkylation sites (N-methyl/N-ethyl adjacent to an activating group) is 1. The van der Waals surface area contributed by atoms with Gasteiger partial charge in [0.25, 0.3) is 0 Å². The van der Waals surface area contributed by atoms with E-state index in [2.05, 4.69) is 4.99 Å². The molecule has 4 rings (SSSR count). The fourth-order valence-electron chi connectivity index (χ4n) is 3.09. The van der Waals surface area contributed by atoms with Gasteiger partial charge < -0.3 is 10.6 Å². The van der Waals surface area contributed by atoms with Crippen LogP contribution in [-0.4, -0.2) is 31.1 Å². The highest BCUT2D eigenvalue weighted by atomic mass is 19.1. The number of hydrogen-bond donors (Lipinski definition) is 1. The number of para-hydroxylation sites is 1. The molecule has 0 unspecified atom stereocenters. The Balaban J connectivity index is 0.000000195. The first kappa shape index (κ1) is 22.6. The van der Waals surface area contributed by atoms with E-state index in [0.717, 1.165) is 40.7 Å². The zero-order chi connectivity index (χ0) is 23.1. The maximum absolute atomic E-state index is 12.9. The van der Waals surface area contributed by atoms with Crippen LogP contribution in [0.2, 0.25) is 0 Å². The van der Waals surface area contributed by atoms with Crippen LogP contribution in [-0.2, 0) is 9.59 Å². The number of aliphatic imine (C=N–C) groups is 1. The van der Waals surface area contributed by atoms with Gasteiger partial charge in [0.2, 0.25) is 11.8 Å². The number of carbonyl (C=O) groups excluding carboxylic acids is 2. The van der Waals surface area contributed by atoms with Gasteiger partial charge in [0.05, 0.1) is 11.4 Å². The Bertz CT molecular complexity index is 1190. The van der Waals surface area contributed by atoms with Gasteiger partial charge >= 0.3 is 0 Å². The highest BCUT2D eigenvalue weighted by molar-refractivity contribution is 6.19. The van der Waals surface area contributed by atoms with Gasteiger partial charge in [-0.05, 0) is 24.3 Å². The van der Waals surface area contributed by atoms with E-state index in [0.29, 0.717) is 0 Å². The average Bonchev–Trinajstić information content (AvgIpc) is 2.91. The number of nitrogens with zero attached hydrogens (tertiary/aromatic N) is 2. The Hall–Kier alpha value is -4.13. The Kier molecular flexibility index (Phi) is 7.23. The molecule has 7 heteroatoms. The van der Waals surface area contributed by atoms with Crippen molar-refractivity contribution in [3.8, 4) is 0 Å². The van der Waals surface area contributed by atoms with E-state index < -0.39 is 17.5 Å². The van der Waals surface area contributed by atoms with Gasteiger partial charge in [-0.2, -0.15) is 0 Å². The number of halogens is 2. The van der Waals surface area contributed by atoms with Crippen LogP contribution in [0.1, 0.15) is 16.7 Å². The summed E-state index contributed by atoms with van der Waals surface area (Å²) in [6.45, 7) is 0.190. The summed E-state index contributed by atoms with van der Waals surface area (Å²) in [5.41, 5.74) is 8.76. The average molecular weight is 433 g/mol. The van der Waals surface area contributed by atoms with Crippen molar-refractivity contribution in [2.45, 2.75) is 0 Å². The van der Waals surface area contributed by atoms with Crippen molar-refractivity contribution in [2.24, 2.45) is 10.7 Å². The molecule has 0 atom stereocenters. The van der Waals surface area contributed by atoms with E-state index >= 15 is 0 Å². The smallest absolute Gasteiger partial charge is 0.248 e. The number of hydrogen-bond acceptors (Lipinski definition) is 3. The first-order valence-corrected chi connectivity index (χ1v) is 9.75. The normalized spacial score (nSPS) is 13.0. The minimum Gasteiger partial charge on any atom is -0.366 e. The van der Waals surface area contributed by atoms with E-state index in [1.807, 2.05) is 54.6 Å².